The van der Waals surface area contributed by atoms with Gasteiger partial charge in [0.25, 0.3) is 0 Å². The Morgan fingerprint density at radius 1 is 1.50 bits per heavy atom. The molecule has 1 atom stereocenters. The zero-order valence-electron chi connectivity index (χ0n) is 9.09. The molecule has 0 aromatic heterocycles. The van der Waals surface area contributed by atoms with Crippen LogP contribution in [-0.4, -0.2) is 11.9 Å². The Morgan fingerprint density at radius 2 is 2.19 bits per heavy atom. The molecular formula is C12H12ClFO2. The lowest BCUT2D eigenvalue weighted by molar-refractivity contribution is -0.148. The highest BCUT2D eigenvalue weighted by molar-refractivity contribution is 6.30. The number of halogens is 2. The van der Waals surface area contributed by atoms with Crippen LogP contribution in [0.3, 0.4) is 0 Å². The van der Waals surface area contributed by atoms with E-state index in [1.54, 1.807) is 0 Å². The molecule has 0 spiro atoms. The van der Waals surface area contributed by atoms with Gasteiger partial charge in [-0.1, -0.05) is 11.6 Å². The first-order chi connectivity index (χ1) is 7.41. The Kier molecular flexibility index (Phi) is 2.66. The first-order valence-corrected chi connectivity index (χ1v) is 5.44. The highest BCUT2D eigenvalue weighted by Crippen LogP contribution is 2.39. The minimum atomic E-state index is -0.474. The molecule has 0 amide bonds. The number of benzene rings is 1. The van der Waals surface area contributed by atoms with Crippen LogP contribution in [0.25, 0.3) is 0 Å². The second-order valence-electron chi connectivity index (χ2n) is 4.53. The summed E-state index contributed by atoms with van der Waals surface area (Å²) >= 11 is 5.64. The smallest absolute Gasteiger partial charge is 0.145 e. The van der Waals surface area contributed by atoms with Crippen LogP contribution in [0.5, 0.6) is 5.75 Å². The quantitative estimate of drug-likeness (QED) is 0.796. The van der Waals surface area contributed by atoms with E-state index < -0.39 is 11.2 Å². The molecule has 0 saturated heterocycles. The van der Waals surface area contributed by atoms with Gasteiger partial charge in [0.1, 0.15) is 23.5 Å². The van der Waals surface area contributed by atoms with Crippen molar-refractivity contribution in [3.8, 4) is 5.75 Å². The predicted octanol–water partition coefficient (Wildman–Crippen LogP) is 3.23. The molecule has 0 aliphatic heterocycles. The summed E-state index contributed by atoms with van der Waals surface area (Å²) in [4.78, 5) is 11.3. The molecule has 0 heterocycles. The fraction of sp³-hybridized carbons (Fsp3) is 0.417. The molecule has 2 rings (SSSR count). The van der Waals surface area contributed by atoms with Gasteiger partial charge >= 0.3 is 0 Å². The van der Waals surface area contributed by atoms with Crippen molar-refractivity contribution in [2.75, 3.05) is 0 Å². The standard InChI is InChI=1S/C12H12ClFO2/c1-12(2)10(15)6-11(12)16-7-3-4-9(14)8(13)5-7/h3-5,11H,6H2,1-2H3. The van der Waals surface area contributed by atoms with E-state index >= 15 is 0 Å². The summed E-state index contributed by atoms with van der Waals surface area (Å²) < 4.78 is 18.5. The van der Waals surface area contributed by atoms with Gasteiger partial charge in [0.2, 0.25) is 0 Å². The van der Waals surface area contributed by atoms with Gasteiger partial charge in [0.15, 0.2) is 0 Å². The fourth-order valence-corrected chi connectivity index (χ4v) is 1.81. The van der Waals surface area contributed by atoms with Crippen LogP contribution in [0.1, 0.15) is 20.3 Å². The molecule has 1 unspecified atom stereocenters. The number of rotatable bonds is 2. The van der Waals surface area contributed by atoms with Gasteiger partial charge in [-0.25, -0.2) is 4.39 Å². The Labute approximate surface area is 98.4 Å². The number of carbonyl (C=O) groups is 1. The third kappa shape index (κ3) is 1.80. The first kappa shape index (κ1) is 11.4. The van der Waals surface area contributed by atoms with Crippen LogP contribution in [0.4, 0.5) is 4.39 Å². The topological polar surface area (TPSA) is 26.3 Å². The van der Waals surface area contributed by atoms with Gasteiger partial charge in [0, 0.05) is 12.5 Å². The van der Waals surface area contributed by atoms with Crippen LogP contribution in [-0.2, 0) is 4.79 Å². The lowest BCUT2D eigenvalue weighted by Crippen LogP contribution is -2.52. The van der Waals surface area contributed by atoms with Gasteiger partial charge in [-0.05, 0) is 26.0 Å². The average molecular weight is 243 g/mol. The van der Waals surface area contributed by atoms with E-state index in [0.29, 0.717) is 12.2 Å². The second-order valence-corrected chi connectivity index (χ2v) is 4.94. The SMILES string of the molecule is CC1(C)C(=O)CC1Oc1ccc(F)c(Cl)c1. The van der Waals surface area contributed by atoms with Crippen LogP contribution < -0.4 is 4.74 Å². The third-order valence-corrected chi connectivity index (χ3v) is 3.35. The molecule has 1 aromatic carbocycles. The Morgan fingerprint density at radius 3 is 2.69 bits per heavy atom. The maximum atomic E-state index is 12.9. The number of ether oxygens (including phenoxy) is 1. The molecule has 1 aromatic rings. The molecule has 86 valence electrons. The van der Waals surface area contributed by atoms with Crippen molar-refractivity contribution in [2.45, 2.75) is 26.4 Å². The van der Waals surface area contributed by atoms with Crippen molar-refractivity contribution in [3.63, 3.8) is 0 Å². The van der Waals surface area contributed by atoms with E-state index in [2.05, 4.69) is 0 Å². The molecule has 16 heavy (non-hydrogen) atoms. The van der Waals surface area contributed by atoms with E-state index in [-0.39, 0.29) is 16.9 Å². The average Bonchev–Trinajstić information content (AvgIpc) is 2.23. The van der Waals surface area contributed by atoms with Crippen LogP contribution in [0, 0.1) is 11.2 Å². The number of Topliss-reactive ketones (excluding diaryl/α,β-unsaturated/α-hetero) is 1. The largest absolute Gasteiger partial charge is 0.489 e. The molecule has 2 nitrogen and oxygen atoms in total. The molecule has 1 fully saturated rings. The highest BCUT2D eigenvalue weighted by Gasteiger charge is 2.49. The summed E-state index contributed by atoms with van der Waals surface area (Å²) in [5, 5.41) is 0.0287. The Hall–Kier alpha value is -1.09. The van der Waals surface area contributed by atoms with Crippen LogP contribution in [0.15, 0.2) is 18.2 Å². The summed E-state index contributed by atoms with van der Waals surface area (Å²) in [7, 11) is 0. The lowest BCUT2D eigenvalue weighted by atomic mass is 9.68. The minimum absolute atomic E-state index is 0.0287. The summed E-state index contributed by atoms with van der Waals surface area (Å²) in [6.45, 7) is 3.68. The first-order valence-electron chi connectivity index (χ1n) is 5.06. The molecule has 0 radical (unpaired) electrons. The summed E-state index contributed by atoms with van der Waals surface area (Å²) in [6.07, 6.45) is 0.253. The van der Waals surface area contributed by atoms with E-state index in [4.69, 9.17) is 16.3 Å². The number of ketones is 1. The molecule has 1 aliphatic carbocycles. The zero-order chi connectivity index (χ0) is 11.9. The highest BCUT2D eigenvalue weighted by atomic mass is 35.5. The Bertz CT molecular complexity index is 443. The van der Waals surface area contributed by atoms with Gasteiger partial charge < -0.3 is 4.74 Å². The number of hydrogen-bond acceptors (Lipinski definition) is 2. The normalized spacial score (nSPS) is 22.8. The van der Waals surface area contributed by atoms with E-state index in [9.17, 15) is 9.18 Å². The van der Waals surface area contributed by atoms with Crippen molar-refractivity contribution < 1.29 is 13.9 Å². The maximum Gasteiger partial charge on any atom is 0.145 e. The molecular weight excluding hydrogens is 231 g/mol. The predicted molar refractivity (Wildman–Crippen MR) is 59.2 cm³/mol. The van der Waals surface area contributed by atoms with E-state index in [1.807, 2.05) is 13.8 Å². The van der Waals surface area contributed by atoms with Gasteiger partial charge in [0.05, 0.1) is 10.4 Å². The van der Waals surface area contributed by atoms with Crippen molar-refractivity contribution in [3.05, 3.63) is 29.0 Å². The molecule has 0 N–H and O–H groups in total. The summed E-state index contributed by atoms with van der Waals surface area (Å²) in [6, 6.07) is 4.20. The zero-order valence-corrected chi connectivity index (χ0v) is 9.84. The van der Waals surface area contributed by atoms with Crippen molar-refractivity contribution in [2.24, 2.45) is 5.41 Å². The fourth-order valence-electron chi connectivity index (χ4n) is 1.64. The van der Waals surface area contributed by atoms with E-state index in [0.717, 1.165) is 0 Å². The number of hydrogen-bond donors (Lipinski definition) is 0. The summed E-state index contributed by atoms with van der Waals surface area (Å²) in [5.41, 5.74) is -0.457. The minimum Gasteiger partial charge on any atom is -0.489 e. The lowest BCUT2D eigenvalue weighted by Gasteiger charge is -2.41. The maximum absolute atomic E-state index is 12.9. The third-order valence-electron chi connectivity index (χ3n) is 3.06. The van der Waals surface area contributed by atoms with Crippen molar-refractivity contribution >= 4 is 17.4 Å². The molecule has 1 saturated carbocycles. The second kappa shape index (κ2) is 3.74. The van der Waals surface area contributed by atoms with Gasteiger partial charge in [-0.2, -0.15) is 0 Å². The van der Waals surface area contributed by atoms with Gasteiger partial charge in [-0.15, -0.1) is 0 Å². The monoisotopic (exact) mass is 242 g/mol. The number of carbonyl (C=O) groups excluding carboxylic acids is 1. The molecule has 4 heteroatoms. The van der Waals surface area contributed by atoms with Gasteiger partial charge in [-0.3, -0.25) is 4.79 Å². The van der Waals surface area contributed by atoms with Crippen molar-refractivity contribution in [1.82, 2.24) is 0 Å². The van der Waals surface area contributed by atoms with Crippen LogP contribution in [0.2, 0.25) is 5.02 Å². The van der Waals surface area contributed by atoms with Crippen molar-refractivity contribution in [1.29, 1.82) is 0 Å². The Balaban J connectivity index is 2.11. The van der Waals surface area contributed by atoms with E-state index in [1.165, 1.54) is 18.2 Å². The molecule has 0 bridgehead atoms. The summed E-state index contributed by atoms with van der Waals surface area (Å²) in [5.74, 6) is 0.209. The van der Waals surface area contributed by atoms with Crippen LogP contribution >= 0.6 is 11.6 Å². The molecule has 1 aliphatic rings.